The summed E-state index contributed by atoms with van der Waals surface area (Å²) in [5.41, 5.74) is 0.595. The number of nitrogens with one attached hydrogen (secondary N) is 1. The molecule has 0 aromatic heterocycles. The van der Waals surface area contributed by atoms with Gasteiger partial charge in [0.05, 0.1) is 11.8 Å². The summed E-state index contributed by atoms with van der Waals surface area (Å²) in [7, 11) is -3.32. The highest BCUT2D eigenvalue weighted by Gasteiger charge is 2.09. The first-order chi connectivity index (χ1) is 10.2. The number of benzene rings is 2. The SMILES string of the molecule is CC(=O)c1cc(Oc2ccc(NS(C)(=O)=O)cc2)ccc1O. The van der Waals surface area contributed by atoms with E-state index in [0.717, 1.165) is 6.26 Å². The lowest BCUT2D eigenvalue weighted by Gasteiger charge is -2.09. The Morgan fingerprint density at radius 1 is 1.09 bits per heavy atom. The normalized spacial score (nSPS) is 11.0. The Kier molecular flexibility index (Phi) is 4.37. The Balaban J connectivity index is 2.18. The Hall–Kier alpha value is -2.54. The van der Waals surface area contributed by atoms with Gasteiger partial charge in [-0.25, -0.2) is 8.42 Å². The van der Waals surface area contributed by atoms with Crippen molar-refractivity contribution in [2.45, 2.75) is 6.92 Å². The standard InChI is InChI=1S/C15H15NO5S/c1-10(17)14-9-13(7-8-15(14)18)21-12-5-3-11(4-6-12)16-22(2,19)20/h3-9,16,18H,1-2H3. The lowest BCUT2D eigenvalue weighted by atomic mass is 10.1. The lowest BCUT2D eigenvalue weighted by molar-refractivity contribution is 0.101. The molecule has 2 aromatic rings. The van der Waals surface area contributed by atoms with Crippen LogP contribution < -0.4 is 9.46 Å². The van der Waals surface area contributed by atoms with E-state index in [1.54, 1.807) is 24.3 Å². The molecule has 0 heterocycles. The van der Waals surface area contributed by atoms with E-state index < -0.39 is 10.0 Å². The zero-order valence-corrected chi connectivity index (χ0v) is 12.8. The molecule has 6 nitrogen and oxygen atoms in total. The molecular formula is C15H15NO5S. The van der Waals surface area contributed by atoms with E-state index in [1.807, 2.05) is 0 Å². The monoisotopic (exact) mass is 321 g/mol. The molecule has 0 saturated heterocycles. The lowest BCUT2D eigenvalue weighted by Crippen LogP contribution is -2.09. The molecule has 2 aromatic carbocycles. The van der Waals surface area contributed by atoms with Gasteiger partial charge in [-0.1, -0.05) is 0 Å². The average Bonchev–Trinajstić information content (AvgIpc) is 2.41. The Labute approximate surface area is 128 Å². The van der Waals surface area contributed by atoms with Crippen molar-refractivity contribution in [1.29, 1.82) is 0 Å². The quantitative estimate of drug-likeness (QED) is 0.826. The summed E-state index contributed by atoms with van der Waals surface area (Å²) in [5, 5.41) is 9.57. The molecule has 0 bridgehead atoms. The van der Waals surface area contributed by atoms with E-state index in [9.17, 15) is 18.3 Å². The zero-order valence-electron chi connectivity index (χ0n) is 12.0. The largest absolute Gasteiger partial charge is 0.507 e. The van der Waals surface area contributed by atoms with E-state index >= 15 is 0 Å². The molecule has 116 valence electrons. The van der Waals surface area contributed by atoms with Crippen molar-refractivity contribution in [2.24, 2.45) is 0 Å². The van der Waals surface area contributed by atoms with Crippen molar-refractivity contribution in [3.8, 4) is 17.2 Å². The number of ketones is 1. The van der Waals surface area contributed by atoms with E-state index in [4.69, 9.17) is 4.74 Å². The number of Topliss-reactive ketones (excluding diaryl/α,β-unsaturated/α-hetero) is 1. The predicted molar refractivity (Wildman–Crippen MR) is 83.1 cm³/mol. The van der Waals surface area contributed by atoms with Crippen LogP contribution in [0.1, 0.15) is 17.3 Å². The minimum atomic E-state index is -3.32. The fourth-order valence-electron chi connectivity index (χ4n) is 1.80. The first-order valence-corrected chi connectivity index (χ1v) is 8.23. The van der Waals surface area contributed by atoms with E-state index in [1.165, 1.54) is 25.1 Å². The van der Waals surface area contributed by atoms with Crippen molar-refractivity contribution in [3.63, 3.8) is 0 Å². The zero-order chi connectivity index (χ0) is 16.3. The molecule has 0 saturated carbocycles. The van der Waals surface area contributed by atoms with Gasteiger partial charge in [-0.2, -0.15) is 0 Å². The summed E-state index contributed by atoms with van der Waals surface area (Å²) in [6.45, 7) is 1.35. The van der Waals surface area contributed by atoms with Gasteiger partial charge in [-0.05, 0) is 49.4 Å². The first-order valence-electron chi connectivity index (χ1n) is 6.34. The summed E-state index contributed by atoms with van der Waals surface area (Å²) in [6.07, 6.45) is 1.07. The number of carbonyl (C=O) groups is 1. The number of carbonyl (C=O) groups excluding carboxylic acids is 1. The van der Waals surface area contributed by atoms with Crippen LogP contribution in [0.15, 0.2) is 42.5 Å². The minimum Gasteiger partial charge on any atom is -0.507 e. The van der Waals surface area contributed by atoms with Crippen molar-refractivity contribution < 1.29 is 23.1 Å². The maximum Gasteiger partial charge on any atom is 0.229 e. The predicted octanol–water partition coefficient (Wildman–Crippen LogP) is 2.76. The summed E-state index contributed by atoms with van der Waals surface area (Å²) >= 11 is 0. The van der Waals surface area contributed by atoms with Crippen molar-refractivity contribution in [2.75, 3.05) is 11.0 Å². The van der Waals surface area contributed by atoms with Crippen LogP contribution in [0, 0.1) is 0 Å². The summed E-state index contributed by atoms with van der Waals surface area (Å²) in [6, 6.07) is 10.7. The van der Waals surface area contributed by atoms with Crippen LogP contribution in [-0.4, -0.2) is 25.6 Å². The van der Waals surface area contributed by atoms with Gasteiger partial charge in [-0.3, -0.25) is 9.52 Å². The number of phenols is 1. The Bertz CT molecular complexity index is 797. The van der Waals surface area contributed by atoms with Gasteiger partial charge in [0.2, 0.25) is 10.0 Å². The molecule has 0 atom stereocenters. The first kappa shape index (κ1) is 15.8. The minimum absolute atomic E-state index is 0.104. The molecule has 2 rings (SSSR count). The third-order valence-corrected chi connectivity index (χ3v) is 3.35. The highest BCUT2D eigenvalue weighted by atomic mass is 32.2. The molecule has 0 aliphatic heterocycles. The smallest absolute Gasteiger partial charge is 0.229 e. The fourth-order valence-corrected chi connectivity index (χ4v) is 2.37. The van der Waals surface area contributed by atoms with Crippen molar-refractivity contribution in [1.82, 2.24) is 0 Å². The summed E-state index contributed by atoms with van der Waals surface area (Å²) in [5.74, 6) is 0.495. The second-order valence-electron chi connectivity index (χ2n) is 4.74. The second kappa shape index (κ2) is 6.07. The fraction of sp³-hybridized carbons (Fsp3) is 0.133. The molecule has 0 unspecified atom stereocenters. The Morgan fingerprint density at radius 2 is 1.68 bits per heavy atom. The molecule has 22 heavy (non-hydrogen) atoms. The number of phenolic OH excluding ortho intramolecular Hbond substituents is 1. The van der Waals surface area contributed by atoms with Crippen LogP contribution in [0.4, 0.5) is 5.69 Å². The van der Waals surface area contributed by atoms with Crippen molar-refractivity contribution >= 4 is 21.5 Å². The average molecular weight is 321 g/mol. The van der Waals surface area contributed by atoms with E-state index in [2.05, 4.69) is 4.72 Å². The summed E-state index contributed by atoms with van der Waals surface area (Å²) < 4.78 is 30.1. The topological polar surface area (TPSA) is 92.7 Å². The maximum absolute atomic E-state index is 11.4. The molecule has 0 aliphatic carbocycles. The number of aromatic hydroxyl groups is 1. The van der Waals surface area contributed by atoms with Crippen LogP contribution in [0.3, 0.4) is 0 Å². The molecule has 0 radical (unpaired) electrons. The second-order valence-corrected chi connectivity index (χ2v) is 6.48. The van der Waals surface area contributed by atoms with Crippen LogP contribution in [0.2, 0.25) is 0 Å². The number of hydrogen-bond acceptors (Lipinski definition) is 5. The molecule has 0 aliphatic rings. The van der Waals surface area contributed by atoms with Gasteiger partial charge in [0.15, 0.2) is 5.78 Å². The van der Waals surface area contributed by atoms with Gasteiger partial charge >= 0.3 is 0 Å². The number of sulfonamides is 1. The van der Waals surface area contributed by atoms with Crippen LogP contribution in [0.25, 0.3) is 0 Å². The van der Waals surface area contributed by atoms with Crippen LogP contribution >= 0.6 is 0 Å². The van der Waals surface area contributed by atoms with Crippen LogP contribution in [-0.2, 0) is 10.0 Å². The third-order valence-electron chi connectivity index (χ3n) is 2.74. The molecule has 7 heteroatoms. The van der Waals surface area contributed by atoms with Gasteiger partial charge in [0.1, 0.15) is 17.2 Å². The number of anilines is 1. The van der Waals surface area contributed by atoms with E-state index in [0.29, 0.717) is 17.2 Å². The van der Waals surface area contributed by atoms with Crippen molar-refractivity contribution in [3.05, 3.63) is 48.0 Å². The summed E-state index contributed by atoms with van der Waals surface area (Å²) in [4.78, 5) is 11.4. The molecule has 0 spiro atoms. The maximum atomic E-state index is 11.4. The molecule has 2 N–H and O–H groups in total. The van der Waals surface area contributed by atoms with Gasteiger partial charge in [-0.15, -0.1) is 0 Å². The van der Waals surface area contributed by atoms with Gasteiger partial charge in [0, 0.05) is 5.69 Å². The molecule has 0 fully saturated rings. The van der Waals surface area contributed by atoms with Gasteiger partial charge < -0.3 is 9.84 Å². The van der Waals surface area contributed by atoms with Gasteiger partial charge in [0.25, 0.3) is 0 Å². The number of hydrogen-bond donors (Lipinski definition) is 2. The number of rotatable bonds is 5. The van der Waals surface area contributed by atoms with Crippen LogP contribution in [0.5, 0.6) is 17.2 Å². The Morgan fingerprint density at radius 3 is 2.23 bits per heavy atom. The molecular weight excluding hydrogens is 306 g/mol. The highest BCUT2D eigenvalue weighted by molar-refractivity contribution is 7.92. The molecule has 0 amide bonds. The highest BCUT2D eigenvalue weighted by Crippen LogP contribution is 2.28. The third kappa shape index (κ3) is 4.23. The van der Waals surface area contributed by atoms with E-state index in [-0.39, 0.29) is 17.1 Å². The number of ether oxygens (including phenoxy) is 1.